The van der Waals surface area contributed by atoms with Crippen LogP contribution in [0.3, 0.4) is 0 Å². The summed E-state index contributed by atoms with van der Waals surface area (Å²) in [5.74, 6) is 0. The number of aryl methyl sites for hydroxylation is 1. The van der Waals surface area contributed by atoms with Gasteiger partial charge in [0.15, 0.2) is 0 Å². The van der Waals surface area contributed by atoms with E-state index in [1.807, 2.05) is 18.3 Å². The Morgan fingerprint density at radius 2 is 2.50 bits per heavy atom. The Morgan fingerprint density at radius 3 is 3.10 bits per heavy atom. The molecule has 56 valence electrons. The van der Waals surface area contributed by atoms with Crippen LogP contribution in [0.25, 0.3) is 0 Å². The van der Waals surface area contributed by atoms with Gasteiger partial charge in [0.1, 0.15) is 0 Å². The molecule has 1 heterocycles. The van der Waals surface area contributed by atoms with Gasteiger partial charge in [-0.15, -0.1) is 0 Å². The van der Waals surface area contributed by atoms with E-state index in [0.29, 0.717) is 6.54 Å². The van der Waals surface area contributed by atoms with Gasteiger partial charge in [0.2, 0.25) is 0 Å². The van der Waals surface area contributed by atoms with Gasteiger partial charge >= 0.3 is 0 Å². The van der Waals surface area contributed by atoms with Gasteiger partial charge in [-0.05, 0) is 19.1 Å². The van der Waals surface area contributed by atoms with Crippen molar-refractivity contribution in [3.05, 3.63) is 24.0 Å². The molecule has 1 aromatic heterocycles. The Bertz CT molecular complexity index is 195. The van der Waals surface area contributed by atoms with E-state index in [-0.39, 0.29) is 0 Å². The molecule has 0 bridgehead atoms. The molecule has 0 saturated heterocycles. The second-order valence-electron chi connectivity index (χ2n) is 2.12. The molecule has 0 amide bonds. The van der Waals surface area contributed by atoms with E-state index in [4.69, 9.17) is 5.21 Å². The fourth-order valence-electron chi connectivity index (χ4n) is 0.999. The summed E-state index contributed by atoms with van der Waals surface area (Å²) >= 11 is 0. The van der Waals surface area contributed by atoms with Crippen LogP contribution in [0.1, 0.15) is 12.6 Å². The SMILES string of the molecule is CCn1cccc1CNO. The van der Waals surface area contributed by atoms with Gasteiger partial charge < -0.3 is 9.77 Å². The molecule has 1 aromatic rings. The van der Waals surface area contributed by atoms with Crippen LogP contribution in [0.5, 0.6) is 0 Å². The van der Waals surface area contributed by atoms with Crippen LogP contribution in [-0.2, 0) is 13.1 Å². The molecule has 3 heteroatoms. The molecule has 3 nitrogen and oxygen atoms in total. The maximum absolute atomic E-state index is 8.39. The third-order valence-corrected chi connectivity index (χ3v) is 1.52. The molecule has 0 aliphatic heterocycles. The highest BCUT2D eigenvalue weighted by Crippen LogP contribution is 2.00. The number of nitrogens with zero attached hydrogens (tertiary/aromatic N) is 1. The molecule has 0 radical (unpaired) electrons. The van der Waals surface area contributed by atoms with Gasteiger partial charge in [-0.3, -0.25) is 0 Å². The number of rotatable bonds is 3. The molecule has 0 aromatic carbocycles. The first-order valence-corrected chi connectivity index (χ1v) is 3.39. The second-order valence-corrected chi connectivity index (χ2v) is 2.12. The minimum absolute atomic E-state index is 0.515. The lowest BCUT2D eigenvalue weighted by Crippen LogP contribution is -2.10. The van der Waals surface area contributed by atoms with E-state index in [1.165, 1.54) is 0 Å². The lowest BCUT2D eigenvalue weighted by molar-refractivity contribution is 0.158. The molecular formula is C7H12N2O. The van der Waals surface area contributed by atoms with E-state index >= 15 is 0 Å². The Kier molecular flexibility index (Phi) is 2.48. The largest absolute Gasteiger partial charge is 0.350 e. The number of hydroxylamine groups is 1. The van der Waals surface area contributed by atoms with E-state index in [2.05, 4.69) is 17.0 Å². The smallest absolute Gasteiger partial charge is 0.0611 e. The summed E-state index contributed by atoms with van der Waals surface area (Å²) in [6.45, 7) is 3.53. The van der Waals surface area contributed by atoms with Gasteiger partial charge in [0.25, 0.3) is 0 Å². The number of hydrogen-bond acceptors (Lipinski definition) is 2. The highest BCUT2D eigenvalue weighted by atomic mass is 16.5. The minimum Gasteiger partial charge on any atom is -0.350 e. The Balaban J connectivity index is 2.70. The quantitative estimate of drug-likeness (QED) is 0.614. The molecule has 0 aliphatic carbocycles. The lowest BCUT2D eigenvalue weighted by Gasteiger charge is -2.03. The normalized spacial score (nSPS) is 10.2. The van der Waals surface area contributed by atoms with E-state index in [9.17, 15) is 0 Å². The van der Waals surface area contributed by atoms with Crippen LogP contribution >= 0.6 is 0 Å². The van der Waals surface area contributed by atoms with Gasteiger partial charge in [-0.2, -0.15) is 5.48 Å². The van der Waals surface area contributed by atoms with Crippen molar-refractivity contribution in [3.8, 4) is 0 Å². The zero-order valence-corrected chi connectivity index (χ0v) is 6.04. The van der Waals surface area contributed by atoms with Crippen LogP contribution < -0.4 is 5.48 Å². The predicted molar refractivity (Wildman–Crippen MR) is 38.7 cm³/mol. The third kappa shape index (κ3) is 1.37. The minimum atomic E-state index is 0.515. The van der Waals surface area contributed by atoms with Gasteiger partial charge in [0.05, 0.1) is 6.54 Å². The van der Waals surface area contributed by atoms with Gasteiger partial charge in [0, 0.05) is 18.4 Å². The van der Waals surface area contributed by atoms with Crippen molar-refractivity contribution in [1.29, 1.82) is 0 Å². The predicted octanol–water partition coefficient (Wildman–Crippen LogP) is 0.987. The van der Waals surface area contributed by atoms with Crippen LogP contribution in [0, 0.1) is 0 Å². The summed E-state index contributed by atoms with van der Waals surface area (Å²) in [6.07, 6.45) is 1.99. The summed E-state index contributed by atoms with van der Waals surface area (Å²) in [5, 5.41) is 8.39. The highest BCUT2D eigenvalue weighted by Gasteiger charge is 1.95. The standard InChI is InChI=1S/C7H12N2O/c1-2-9-5-3-4-7(9)6-8-10/h3-5,8,10H,2,6H2,1H3. The third-order valence-electron chi connectivity index (χ3n) is 1.52. The first-order valence-electron chi connectivity index (χ1n) is 3.39. The summed E-state index contributed by atoms with van der Waals surface area (Å²) in [4.78, 5) is 0. The molecule has 2 N–H and O–H groups in total. The van der Waals surface area contributed by atoms with Crippen LogP contribution in [-0.4, -0.2) is 9.77 Å². The Labute approximate surface area is 60.2 Å². The molecule has 1 rings (SSSR count). The first kappa shape index (κ1) is 7.31. The fraction of sp³-hybridized carbons (Fsp3) is 0.429. The van der Waals surface area contributed by atoms with Gasteiger partial charge in [-0.1, -0.05) is 0 Å². The average molecular weight is 140 g/mol. The summed E-state index contributed by atoms with van der Waals surface area (Å²) in [5.41, 5.74) is 3.23. The molecule has 0 fully saturated rings. The molecular weight excluding hydrogens is 128 g/mol. The first-order chi connectivity index (χ1) is 4.88. The molecule has 0 atom stereocenters. The van der Waals surface area contributed by atoms with Gasteiger partial charge in [-0.25, -0.2) is 0 Å². The van der Waals surface area contributed by atoms with Crippen molar-refractivity contribution in [2.75, 3.05) is 0 Å². The zero-order valence-electron chi connectivity index (χ0n) is 6.04. The van der Waals surface area contributed by atoms with Crippen LogP contribution in [0.2, 0.25) is 0 Å². The monoisotopic (exact) mass is 140 g/mol. The van der Waals surface area contributed by atoms with E-state index in [1.54, 1.807) is 0 Å². The Morgan fingerprint density at radius 1 is 1.70 bits per heavy atom. The average Bonchev–Trinajstić information content (AvgIpc) is 2.36. The van der Waals surface area contributed by atoms with Crippen molar-refractivity contribution in [1.82, 2.24) is 10.0 Å². The number of aromatic nitrogens is 1. The van der Waals surface area contributed by atoms with Crippen molar-refractivity contribution in [2.24, 2.45) is 0 Å². The number of nitrogens with one attached hydrogen (secondary N) is 1. The molecule has 0 aliphatic rings. The van der Waals surface area contributed by atoms with Crippen molar-refractivity contribution < 1.29 is 5.21 Å². The topological polar surface area (TPSA) is 37.2 Å². The van der Waals surface area contributed by atoms with Crippen LogP contribution in [0.4, 0.5) is 0 Å². The molecule has 0 spiro atoms. The van der Waals surface area contributed by atoms with Crippen molar-refractivity contribution in [3.63, 3.8) is 0 Å². The summed E-state index contributed by atoms with van der Waals surface area (Å²) in [6, 6.07) is 3.95. The Hall–Kier alpha value is -0.800. The van der Waals surface area contributed by atoms with Crippen molar-refractivity contribution >= 4 is 0 Å². The maximum atomic E-state index is 8.39. The zero-order chi connectivity index (χ0) is 7.40. The number of hydrogen-bond donors (Lipinski definition) is 2. The molecule has 0 saturated carbocycles. The summed E-state index contributed by atoms with van der Waals surface area (Å²) in [7, 11) is 0. The van der Waals surface area contributed by atoms with Crippen molar-refractivity contribution in [2.45, 2.75) is 20.0 Å². The summed E-state index contributed by atoms with van der Waals surface area (Å²) < 4.78 is 2.07. The van der Waals surface area contributed by atoms with E-state index in [0.717, 1.165) is 12.2 Å². The highest BCUT2D eigenvalue weighted by molar-refractivity contribution is 5.06. The fourth-order valence-corrected chi connectivity index (χ4v) is 0.999. The molecule has 10 heavy (non-hydrogen) atoms. The molecule has 0 unspecified atom stereocenters. The van der Waals surface area contributed by atoms with E-state index < -0.39 is 0 Å². The lowest BCUT2D eigenvalue weighted by atomic mass is 10.4. The van der Waals surface area contributed by atoms with Crippen LogP contribution in [0.15, 0.2) is 18.3 Å². The second kappa shape index (κ2) is 3.39. The maximum Gasteiger partial charge on any atom is 0.0611 e.